The van der Waals surface area contributed by atoms with Crippen molar-refractivity contribution >= 4 is 28.9 Å². The number of aryl methyl sites for hydroxylation is 1. The smallest absolute Gasteiger partial charge is 0.290 e. The Kier molecular flexibility index (Phi) is 8.56. The molecular formula is C31H33N7O5. The van der Waals surface area contributed by atoms with Crippen LogP contribution in [0.2, 0.25) is 0 Å². The first-order valence-electron chi connectivity index (χ1n) is 14.0. The quantitative estimate of drug-likeness (QED) is 0.231. The molecule has 12 heteroatoms. The molecule has 1 unspecified atom stereocenters. The molecule has 4 aromatic rings. The molecule has 1 saturated heterocycles. The number of aromatic nitrogens is 3. The average molecular weight is 584 g/mol. The van der Waals surface area contributed by atoms with E-state index in [9.17, 15) is 24.3 Å². The molecule has 12 nitrogen and oxygen atoms in total. The maximum atomic E-state index is 13.4. The molecule has 1 fully saturated rings. The summed E-state index contributed by atoms with van der Waals surface area (Å²) in [6.45, 7) is 3.14. The Morgan fingerprint density at radius 3 is 2.23 bits per heavy atom. The van der Waals surface area contributed by atoms with E-state index in [-0.39, 0.29) is 53.4 Å². The number of hydrogen-bond donors (Lipinski definition) is 4. The molecule has 1 atom stereocenters. The number of hydrogen-bond acceptors (Lipinski definition) is 8. The molecule has 1 aliphatic heterocycles. The predicted octanol–water partition coefficient (Wildman–Crippen LogP) is 3.08. The fourth-order valence-electron chi connectivity index (χ4n) is 5.07. The minimum atomic E-state index is -0.533. The van der Waals surface area contributed by atoms with Crippen molar-refractivity contribution in [2.24, 2.45) is 7.05 Å². The van der Waals surface area contributed by atoms with Gasteiger partial charge in [-0.1, -0.05) is 49.4 Å². The third-order valence-corrected chi connectivity index (χ3v) is 7.46. The molecule has 0 saturated carbocycles. The molecule has 0 bridgehead atoms. The van der Waals surface area contributed by atoms with E-state index in [1.54, 1.807) is 40.3 Å². The Balaban J connectivity index is 1.37. The third-order valence-electron chi connectivity index (χ3n) is 7.46. The summed E-state index contributed by atoms with van der Waals surface area (Å²) in [6.07, 6.45) is 2.19. The van der Waals surface area contributed by atoms with Gasteiger partial charge in [0.1, 0.15) is 17.1 Å². The monoisotopic (exact) mass is 583 g/mol. The number of anilines is 3. The van der Waals surface area contributed by atoms with E-state index >= 15 is 0 Å². The van der Waals surface area contributed by atoms with Gasteiger partial charge in [0.05, 0.1) is 17.3 Å². The molecule has 222 valence electrons. The van der Waals surface area contributed by atoms with Crippen molar-refractivity contribution in [1.82, 2.24) is 24.6 Å². The van der Waals surface area contributed by atoms with Crippen molar-refractivity contribution in [3.8, 4) is 5.75 Å². The van der Waals surface area contributed by atoms with Gasteiger partial charge in [0, 0.05) is 39.4 Å². The van der Waals surface area contributed by atoms with Crippen molar-refractivity contribution in [1.29, 1.82) is 0 Å². The van der Waals surface area contributed by atoms with E-state index in [2.05, 4.69) is 20.7 Å². The standard InChI is InChI=1S/C31H33N7O5/c1-3-22(20-10-5-4-6-11-20)33-25-26(31(43)36(2)35-28(25)40)34-23-14-9-12-21(27(23)39)29(41)37-16-18-38(19-17-37)30(42)24-13-7-8-15-32-24/h4-15,22,33-34,39H,3,16-19H2,1-2H3,(H,35,40). The number of pyridine rings is 1. The van der Waals surface area contributed by atoms with Gasteiger partial charge in [-0.05, 0) is 36.2 Å². The van der Waals surface area contributed by atoms with Gasteiger partial charge in [-0.3, -0.25) is 33.9 Å². The van der Waals surface area contributed by atoms with Gasteiger partial charge in [0.15, 0.2) is 5.75 Å². The number of aromatic hydroxyl groups is 1. The van der Waals surface area contributed by atoms with Crippen molar-refractivity contribution in [3.63, 3.8) is 0 Å². The van der Waals surface area contributed by atoms with Crippen molar-refractivity contribution in [2.75, 3.05) is 36.8 Å². The normalized spacial score (nSPS) is 13.8. The zero-order chi connectivity index (χ0) is 30.5. The van der Waals surface area contributed by atoms with E-state index in [0.29, 0.717) is 25.2 Å². The van der Waals surface area contributed by atoms with E-state index in [1.807, 2.05) is 37.3 Å². The van der Waals surface area contributed by atoms with Crippen LogP contribution < -0.4 is 21.8 Å². The number of H-pyrrole nitrogens is 1. The van der Waals surface area contributed by atoms with Gasteiger partial charge >= 0.3 is 0 Å². The largest absolute Gasteiger partial charge is 0.505 e. The Bertz CT molecular complexity index is 1730. The van der Waals surface area contributed by atoms with E-state index in [1.165, 1.54) is 19.2 Å². The van der Waals surface area contributed by atoms with Crippen LogP contribution in [0.25, 0.3) is 0 Å². The van der Waals surface area contributed by atoms with Gasteiger partial charge in [0.25, 0.3) is 22.9 Å². The predicted molar refractivity (Wildman–Crippen MR) is 163 cm³/mol. The number of nitrogens with one attached hydrogen (secondary N) is 3. The summed E-state index contributed by atoms with van der Waals surface area (Å²) < 4.78 is 1.05. The summed E-state index contributed by atoms with van der Waals surface area (Å²) in [6, 6.07) is 19.0. The molecule has 2 aromatic heterocycles. The Morgan fingerprint density at radius 2 is 1.58 bits per heavy atom. The van der Waals surface area contributed by atoms with Gasteiger partial charge in [-0.25, -0.2) is 0 Å². The van der Waals surface area contributed by atoms with E-state index in [0.717, 1.165) is 10.2 Å². The highest BCUT2D eigenvalue weighted by Gasteiger charge is 2.28. The Hall–Kier alpha value is -5.39. The van der Waals surface area contributed by atoms with Gasteiger partial charge in [-0.2, -0.15) is 0 Å². The molecule has 43 heavy (non-hydrogen) atoms. The second kappa shape index (κ2) is 12.6. The number of aromatic amines is 1. The summed E-state index contributed by atoms with van der Waals surface area (Å²) in [4.78, 5) is 59.8. The molecule has 2 aromatic carbocycles. The van der Waals surface area contributed by atoms with Crippen molar-refractivity contribution in [3.05, 3.63) is 110 Å². The molecule has 0 radical (unpaired) electrons. The number of rotatable bonds is 8. The van der Waals surface area contributed by atoms with Crippen LogP contribution in [-0.2, 0) is 7.05 Å². The summed E-state index contributed by atoms with van der Waals surface area (Å²) in [7, 11) is 1.42. The maximum Gasteiger partial charge on any atom is 0.290 e. The van der Waals surface area contributed by atoms with Crippen LogP contribution in [0.5, 0.6) is 5.75 Å². The molecule has 0 spiro atoms. The zero-order valence-electron chi connectivity index (χ0n) is 23.9. The van der Waals surface area contributed by atoms with Crippen LogP contribution in [0.4, 0.5) is 17.1 Å². The lowest BCUT2D eigenvalue weighted by Crippen LogP contribution is -2.50. The lowest BCUT2D eigenvalue weighted by Gasteiger charge is -2.34. The van der Waals surface area contributed by atoms with Gasteiger partial charge < -0.3 is 25.5 Å². The molecule has 3 heterocycles. The number of nitrogens with zero attached hydrogens (tertiary/aromatic N) is 4. The number of para-hydroxylation sites is 1. The van der Waals surface area contributed by atoms with Crippen LogP contribution in [0.3, 0.4) is 0 Å². The summed E-state index contributed by atoms with van der Waals surface area (Å²) in [5, 5.41) is 19.8. The fourth-order valence-corrected chi connectivity index (χ4v) is 5.07. The zero-order valence-corrected chi connectivity index (χ0v) is 23.9. The number of piperazine rings is 1. The van der Waals surface area contributed by atoms with Crippen LogP contribution in [0.15, 0.2) is 82.5 Å². The first-order chi connectivity index (χ1) is 20.8. The number of amides is 2. The average Bonchev–Trinajstić information content (AvgIpc) is 3.04. The van der Waals surface area contributed by atoms with Gasteiger partial charge in [0.2, 0.25) is 0 Å². The Morgan fingerprint density at radius 1 is 0.907 bits per heavy atom. The minimum absolute atomic E-state index is 0.0172. The topological polar surface area (TPSA) is 153 Å². The number of carbonyl (C=O) groups is 2. The highest BCUT2D eigenvalue weighted by atomic mass is 16.3. The van der Waals surface area contributed by atoms with Crippen LogP contribution in [0.1, 0.15) is 45.8 Å². The third kappa shape index (κ3) is 6.13. The maximum absolute atomic E-state index is 13.4. The molecular weight excluding hydrogens is 550 g/mol. The molecule has 2 amide bonds. The minimum Gasteiger partial charge on any atom is -0.505 e. The first-order valence-corrected chi connectivity index (χ1v) is 14.0. The molecule has 0 aliphatic carbocycles. The van der Waals surface area contributed by atoms with Crippen molar-refractivity contribution < 1.29 is 14.7 Å². The van der Waals surface area contributed by atoms with Crippen LogP contribution in [0, 0.1) is 0 Å². The van der Waals surface area contributed by atoms with E-state index in [4.69, 9.17) is 0 Å². The highest BCUT2D eigenvalue weighted by molar-refractivity contribution is 5.99. The van der Waals surface area contributed by atoms with Crippen LogP contribution in [-0.4, -0.2) is 67.7 Å². The lowest BCUT2D eigenvalue weighted by atomic mass is 10.0. The molecule has 1 aliphatic rings. The molecule has 5 rings (SSSR count). The summed E-state index contributed by atoms with van der Waals surface area (Å²) >= 11 is 0. The SMILES string of the molecule is CCC(Nc1c(Nc2cccc(C(=O)N3CCN(C(=O)c4ccccn4)CC3)c2O)c(=O)n(C)[nH]c1=O)c1ccccc1. The van der Waals surface area contributed by atoms with Gasteiger partial charge in [-0.15, -0.1) is 0 Å². The van der Waals surface area contributed by atoms with E-state index < -0.39 is 17.0 Å². The second-order valence-electron chi connectivity index (χ2n) is 10.2. The first kappa shape index (κ1) is 29.1. The summed E-state index contributed by atoms with van der Waals surface area (Å²) in [5.41, 5.74) is 0.292. The number of carbonyl (C=O) groups excluding carboxylic acids is 2. The second-order valence-corrected chi connectivity index (χ2v) is 10.2. The summed E-state index contributed by atoms with van der Waals surface area (Å²) in [5.74, 6) is -0.982. The highest BCUT2D eigenvalue weighted by Crippen LogP contribution is 2.33. The lowest BCUT2D eigenvalue weighted by molar-refractivity contribution is 0.0530. The van der Waals surface area contributed by atoms with Crippen LogP contribution >= 0.6 is 0 Å². The Labute approximate surface area is 247 Å². The van der Waals surface area contributed by atoms with Crippen molar-refractivity contribution in [2.45, 2.75) is 19.4 Å². The number of phenols is 1. The molecule has 4 N–H and O–H groups in total. The number of phenolic OH excluding ortho intramolecular Hbond substituents is 1. The fraction of sp³-hybridized carbons (Fsp3) is 0.258. The number of benzene rings is 2.